The van der Waals surface area contributed by atoms with Crippen molar-refractivity contribution in [2.24, 2.45) is 0 Å². The van der Waals surface area contributed by atoms with Gasteiger partial charge in [-0.1, -0.05) is 35.9 Å². The van der Waals surface area contributed by atoms with Crippen LogP contribution in [0.2, 0.25) is 5.02 Å². The standard InChI is InChI=1S/C18H13ClN4O/c1-12-16-11-20-22(14-7-3-2-4-8-14)17(16)18(24)23(21-12)15-9-5-6-13(19)10-15/h2-11H,1H3. The summed E-state index contributed by atoms with van der Waals surface area (Å²) in [7, 11) is 0. The Morgan fingerprint density at radius 1 is 0.958 bits per heavy atom. The number of nitrogens with zero attached hydrogens (tertiary/aromatic N) is 4. The molecule has 0 aliphatic carbocycles. The van der Waals surface area contributed by atoms with Crippen LogP contribution in [-0.4, -0.2) is 19.6 Å². The average Bonchev–Trinajstić information content (AvgIpc) is 3.05. The van der Waals surface area contributed by atoms with Crippen molar-refractivity contribution in [3.63, 3.8) is 0 Å². The van der Waals surface area contributed by atoms with Gasteiger partial charge in [0.2, 0.25) is 0 Å². The second kappa shape index (κ2) is 5.62. The first-order chi connectivity index (χ1) is 11.6. The molecule has 6 heteroatoms. The van der Waals surface area contributed by atoms with Gasteiger partial charge in [-0.05, 0) is 37.3 Å². The summed E-state index contributed by atoms with van der Waals surface area (Å²) in [5.74, 6) is 0. The minimum atomic E-state index is -0.237. The van der Waals surface area contributed by atoms with Crippen molar-refractivity contribution in [1.29, 1.82) is 0 Å². The highest BCUT2D eigenvalue weighted by Crippen LogP contribution is 2.19. The Kier molecular flexibility index (Phi) is 3.43. The van der Waals surface area contributed by atoms with Gasteiger partial charge in [-0.25, -0.2) is 4.68 Å². The van der Waals surface area contributed by atoms with Crippen LogP contribution in [0.15, 0.2) is 65.6 Å². The van der Waals surface area contributed by atoms with E-state index < -0.39 is 0 Å². The highest BCUT2D eigenvalue weighted by molar-refractivity contribution is 6.30. The molecule has 2 heterocycles. The number of halogens is 1. The molecule has 0 bridgehead atoms. The van der Waals surface area contributed by atoms with E-state index in [2.05, 4.69) is 10.2 Å². The molecule has 0 saturated carbocycles. The maximum Gasteiger partial charge on any atom is 0.298 e. The number of para-hydroxylation sites is 1. The highest BCUT2D eigenvalue weighted by atomic mass is 35.5. The Bertz CT molecular complexity index is 1100. The molecule has 0 amide bonds. The van der Waals surface area contributed by atoms with Gasteiger partial charge in [-0.3, -0.25) is 4.79 Å². The molecule has 4 aromatic rings. The lowest BCUT2D eigenvalue weighted by atomic mass is 10.2. The van der Waals surface area contributed by atoms with Crippen molar-refractivity contribution in [2.45, 2.75) is 6.92 Å². The number of hydrogen-bond donors (Lipinski definition) is 0. The predicted octanol–water partition coefficient (Wildman–Crippen LogP) is 3.53. The second-order valence-electron chi connectivity index (χ2n) is 5.44. The fourth-order valence-corrected chi connectivity index (χ4v) is 2.90. The molecule has 0 saturated heterocycles. The minimum absolute atomic E-state index is 0.237. The van der Waals surface area contributed by atoms with Crippen molar-refractivity contribution in [3.8, 4) is 11.4 Å². The number of benzene rings is 2. The van der Waals surface area contributed by atoms with Gasteiger partial charge in [-0.2, -0.15) is 14.9 Å². The van der Waals surface area contributed by atoms with Gasteiger partial charge >= 0.3 is 0 Å². The fraction of sp³-hybridized carbons (Fsp3) is 0.0556. The molecule has 0 spiro atoms. The summed E-state index contributed by atoms with van der Waals surface area (Å²) in [5, 5.41) is 10.1. The third-order valence-corrected chi connectivity index (χ3v) is 4.09. The molecule has 0 fully saturated rings. The molecule has 2 aromatic carbocycles. The van der Waals surface area contributed by atoms with Gasteiger partial charge < -0.3 is 0 Å². The molecule has 2 aromatic heterocycles. The smallest absolute Gasteiger partial charge is 0.265 e. The summed E-state index contributed by atoms with van der Waals surface area (Å²) in [6, 6.07) is 16.6. The van der Waals surface area contributed by atoms with E-state index in [1.807, 2.05) is 37.3 Å². The third kappa shape index (κ3) is 2.30. The summed E-state index contributed by atoms with van der Waals surface area (Å²) < 4.78 is 3.01. The SMILES string of the molecule is Cc1nn(-c2cccc(Cl)c2)c(=O)c2c1cnn2-c1ccccc1. The molecule has 0 N–H and O–H groups in total. The summed E-state index contributed by atoms with van der Waals surface area (Å²) >= 11 is 6.05. The normalized spacial score (nSPS) is 11.1. The molecule has 4 rings (SSSR count). The summed E-state index contributed by atoms with van der Waals surface area (Å²) in [6.07, 6.45) is 1.67. The van der Waals surface area contributed by atoms with Gasteiger partial charge in [0.05, 0.1) is 23.3 Å². The molecule has 118 valence electrons. The first-order valence-electron chi connectivity index (χ1n) is 7.44. The third-order valence-electron chi connectivity index (χ3n) is 3.86. The first-order valence-corrected chi connectivity index (χ1v) is 7.82. The van der Waals surface area contributed by atoms with Crippen LogP contribution in [0.4, 0.5) is 0 Å². The molecular formula is C18H13ClN4O. The van der Waals surface area contributed by atoms with Crippen molar-refractivity contribution in [3.05, 3.63) is 81.9 Å². The molecule has 0 radical (unpaired) electrons. The van der Waals surface area contributed by atoms with Crippen LogP contribution in [0.25, 0.3) is 22.3 Å². The van der Waals surface area contributed by atoms with Crippen molar-refractivity contribution < 1.29 is 0 Å². The van der Waals surface area contributed by atoms with E-state index >= 15 is 0 Å². The average molecular weight is 337 g/mol. The van der Waals surface area contributed by atoms with Gasteiger partial charge in [0.25, 0.3) is 5.56 Å². The number of rotatable bonds is 2. The Morgan fingerprint density at radius 2 is 1.71 bits per heavy atom. The van der Waals surface area contributed by atoms with Gasteiger partial charge in [-0.15, -0.1) is 0 Å². The number of aromatic nitrogens is 4. The lowest BCUT2D eigenvalue weighted by molar-refractivity contribution is 0.791. The Hall–Kier alpha value is -2.92. The molecule has 24 heavy (non-hydrogen) atoms. The van der Waals surface area contributed by atoms with E-state index in [9.17, 15) is 4.79 Å². The fourth-order valence-electron chi connectivity index (χ4n) is 2.72. The van der Waals surface area contributed by atoms with Crippen LogP contribution in [0.5, 0.6) is 0 Å². The maximum atomic E-state index is 13.0. The van der Waals surface area contributed by atoms with Crippen molar-refractivity contribution in [1.82, 2.24) is 19.6 Å². The molecule has 5 nitrogen and oxygen atoms in total. The highest BCUT2D eigenvalue weighted by Gasteiger charge is 2.15. The Labute approximate surface area is 142 Å². The topological polar surface area (TPSA) is 52.7 Å². The maximum absolute atomic E-state index is 13.0. The number of hydrogen-bond acceptors (Lipinski definition) is 3. The zero-order valence-electron chi connectivity index (χ0n) is 12.8. The van der Waals surface area contributed by atoms with E-state index in [0.29, 0.717) is 16.2 Å². The van der Waals surface area contributed by atoms with Crippen LogP contribution < -0.4 is 5.56 Å². The van der Waals surface area contributed by atoms with Gasteiger partial charge in [0, 0.05) is 10.4 Å². The van der Waals surface area contributed by atoms with Crippen LogP contribution in [0.3, 0.4) is 0 Å². The van der Waals surface area contributed by atoms with Crippen molar-refractivity contribution >= 4 is 22.5 Å². The number of fused-ring (bicyclic) bond motifs is 1. The van der Waals surface area contributed by atoms with E-state index in [-0.39, 0.29) is 5.56 Å². The summed E-state index contributed by atoms with van der Waals surface area (Å²) in [4.78, 5) is 13.0. The first kappa shape index (κ1) is 14.7. The van der Waals surface area contributed by atoms with E-state index in [4.69, 9.17) is 11.6 Å². The number of aryl methyl sites for hydroxylation is 1. The van der Waals surface area contributed by atoms with E-state index in [0.717, 1.165) is 16.8 Å². The lowest BCUT2D eigenvalue weighted by Gasteiger charge is -2.08. The predicted molar refractivity (Wildman–Crippen MR) is 94.2 cm³/mol. The van der Waals surface area contributed by atoms with Crippen LogP contribution in [-0.2, 0) is 0 Å². The monoisotopic (exact) mass is 336 g/mol. The zero-order valence-corrected chi connectivity index (χ0v) is 13.6. The van der Waals surface area contributed by atoms with E-state index in [1.165, 1.54) is 4.68 Å². The molecule has 0 aliphatic rings. The van der Waals surface area contributed by atoms with E-state index in [1.54, 1.807) is 35.1 Å². The lowest BCUT2D eigenvalue weighted by Crippen LogP contribution is -2.24. The van der Waals surface area contributed by atoms with Crippen LogP contribution in [0, 0.1) is 6.92 Å². The largest absolute Gasteiger partial charge is 0.298 e. The van der Waals surface area contributed by atoms with Crippen LogP contribution >= 0.6 is 11.6 Å². The van der Waals surface area contributed by atoms with Crippen molar-refractivity contribution in [2.75, 3.05) is 0 Å². The zero-order chi connectivity index (χ0) is 16.7. The quantitative estimate of drug-likeness (QED) is 0.562. The summed E-state index contributed by atoms with van der Waals surface area (Å²) in [6.45, 7) is 1.86. The molecular weight excluding hydrogens is 324 g/mol. The minimum Gasteiger partial charge on any atom is -0.265 e. The van der Waals surface area contributed by atoms with Gasteiger partial charge in [0.1, 0.15) is 5.52 Å². The Balaban J connectivity index is 2.05. The Morgan fingerprint density at radius 3 is 2.46 bits per heavy atom. The summed E-state index contributed by atoms with van der Waals surface area (Å²) in [5.41, 5.74) is 2.44. The molecule has 0 unspecified atom stereocenters. The van der Waals surface area contributed by atoms with Gasteiger partial charge in [0.15, 0.2) is 0 Å². The molecule has 0 aliphatic heterocycles. The van der Waals surface area contributed by atoms with Crippen LogP contribution in [0.1, 0.15) is 5.69 Å². The molecule has 0 atom stereocenters. The second-order valence-corrected chi connectivity index (χ2v) is 5.87.